The highest BCUT2D eigenvalue weighted by molar-refractivity contribution is 7.22. The zero-order chi connectivity index (χ0) is 18.9. The van der Waals surface area contributed by atoms with Gasteiger partial charge in [0.1, 0.15) is 5.75 Å². The standard InChI is InChI=1S/C21H24N2O2S/c1-14(25-16-12-10-15(11-13-16)21(2,3)4)19(24)23(5)20-22-17-8-6-7-9-18(17)26-20/h6-14H,1-5H3. The molecule has 0 aliphatic heterocycles. The molecule has 3 rings (SSSR count). The molecule has 1 aromatic heterocycles. The number of hydrogen-bond acceptors (Lipinski definition) is 4. The maximum absolute atomic E-state index is 12.7. The van der Waals surface area contributed by atoms with Crippen LogP contribution in [-0.4, -0.2) is 24.0 Å². The van der Waals surface area contributed by atoms with Gasteiger partial charge in [0.15, 0.2) is 11.2 Å². The van der Waals surface area contributed by atoms with Gasteiger partial charge in [0.25, 0.3) is 5.91 Å². The fourth-order valence-electron chi connectivity index (χ4n) is 2.66. The molecule has 2 aromatic carbocycles. The van der Waals surface area contributed by atoms with E-state index in [1.807, 2.05) is 48.5 Å². The molecular formula is C21H24N2O2S. The number of ether oxygens (including phenoxy) is 1. The van der Waals surface area contributed by atoms with Gasteiger partial charge >= 0.3 is 0 Å². The van der Waals surface area contributed by atoms with Crippen molar-refractivity contribution in [3.8, 4) is 5.75 Å². The average molecular weight is 369 g/mol. The van der Waals surface area contributed by atoms with Crippen molar-refractivity contribution in [1.82, 2.24) is 4.98 Å². The molecule has 0 saturated heterocycles. The number of benzene rings is 2. The average Bonchev–Trinajstić information content (AvgIpc) is 3.04. The van der Waals surface area contributed by atoms with Crippen LogP contribution in [0.4, 0.5) is 5.13 Å². The van der Waals surface area contributed by atoms with Crippen molar-refractivity contribution in [3.63, 3.8) is 0 Å². The largest absolute Gasteiger partial charge is 0.481 e. The van der Waals surface area contributed by atoms with Crippen LogP contribution >= 0.6 is 11.3 Å². The fraction of sp³-hybridized carbons (Fsp3) is 0.333. The number of thiazole rings is 1. The van der Waals surface area contributed by atoms with Crippen molar-refractivity contribution in [1.29, 1.82) is 0 Å². The summed E-state index contributed by atoms with van der Waals surface area (Å²) in [4.78, 5) is 18.8. The number of carbonyl (C=O) groups excluding carboxylic acids is 1. The summed E-state index contributed by atoms with van der Waals surface area (Å²) in [6.07, 6.45) is -0.590. The molecule has 0 spiro atoms. The minimum Gasteiger partial charge on any atom is -0.481 e. The number of para-hydroxylation sites is 1. The van der Waals surface area contributed by atoms with Crippen molar-refractivity contribution in [2.45, 2.75) is 39.2 Å². The van der Waals surface area contributed by atoms with E-state index in [0.717, 1.165) is 10.2 Å². The number of aromatic nitrogens is 1. The molecule has 0 bridgehead atoms. The van der Waals surface area contributed by atoms with Gasteiger partial charge in [0, 0.05) is 7.05 Å². The molecule has 3 aromatic rings. The summed E-state index contributed by atoms with van der Waals surface area (Å²) in [7, 11) is 1.74. The number of rotatable bonds is 4. The lowest BCUT2D eigenvalue weighted by Gasteiger charge is -2.21. The second kappa shape index (κ2) is 7.08. The topological polar surface area (TPSA) is 42.4 Å². The molecule has 136 valence electrons. The zero-order valence-corrected chi connectivity index (χ0v) is 16.6. The highest BCUT2D eigenvalue weighted by Crippen LogP contribution is 2.29. The lowest BCUT2D eigenvalue weighted by molar-refractivity contribution is -0.124. The Bertz CT molecular complexity index is 877. The van der Waals surface area contributed by atoms with Crippen molar-refractivity contribution < 1.29 is 9.53 Å². The molecule has 0 aliphatic carbocycles. The van der Waals surface area contributed by atoms with Crippen LogP contribution in [0, 0.1) is 0 Å². The van der Waals surface area contributed by atoms with Gasteiger partial charge in [-0.2, -0.15) is 0 Å². The molecule has 5 heteroatoms. The molecule has 1 unspecified atom stereocenters. The van der Waals surface area contributed by atoms with Gasteiger partial charge in [0.2, 0.25) is 0 Å². The Labute approximate surface area is 158 Å². The summed E-state index contributed by atoms with van der Waals surface area (Å²) < 4.78 is 6.91. The van der Waals surface area contributed by atoms with Gasteiger partial charge < -0.3 is 4.74 Å². The second-order valence-electron chi connectivity index (χ2n) is 7.40. The van der Waals surface area contributed by atoms with Crippen molar-refractivity contribution >= 4 is 32.6 Å². The number of nitrogens with zero attached hydrogens (tertiary/aromatic N) is 2. The molecule has 0 fully saturated rings. The Kier molecular flexibility index (Phi) is 5.01. The molecule has 1 heterocycles. The van der Waals surface area contributed by atoms with Crippen LogP contribution in [0.3, 0.4) is 0 Å². The number of likely N-dealkylation sites (N-methyl/N-ethyl adjacent to an activating group) is 1. The van der Waals surface area contributed by atoms with Crippen LogP contribution < -0.4 is 9.64 Å². The van der Waals surface area contributed by atoms with Gasteiger partial charge in [-0.25, -0.2) is 4.98 Å². The van der Waals surface area contributed by atoms with Crippen molar-refractivity contribution in [3.05, 3.63) is 54.1 Å². The third kappa shape index (κ3) is 3.88. The van der Waals surface area contributed by atoms with Gasteiger partial charge in [-0.05, 0) is 42.2 Å². The Balaban J connectivity index is 1.70. The summed E-state index contributed by atoms with van der Waals surface area (Å²) in [5, 5.41) is 0.676. The smallest absolute Gasteiger partial charge is 0.269 e. The van der Waals surface area contributed by atoms with E-state index >= 15 is 0 Å². The Morgan fingerprint density at radius 3 is 2.38 bits per heavy atom. The Hall–Kier alpha value is -2.40. The van der Waals surface area contributed by atoms with Crippen LogP contribution in [0.2, 0.25) is 0 Å². The zero-order valence-electron chi connectivity index (χ0n) is 15.8. The van der Waals surface area contributed by atoms with E-state index in [-0.39, 0.29) is 11.3 Å². The minimum atomic E-state index is -0.590. The highest BCUT2D eigenvalue weighted by Gasteiger charge is 2.23. The second-order valence-corrected chi connectivity index (χ2v) is 8.40. The predicted molar refractivity (Wildman–Crippen MR) is 108 cm³/mol. The van der Waals surface area contributed by atoms with Crippen LogP contribution in [-0.2, 0) is 10.2 Å². The van der Waals surface area contributed by atoms with Crippen LogP contribution in [0.15, 0.2) is 48.5 Å². The van der Waals surface area contributed by atoms with Crippen LogP contribution in [0.1, 0.15) is 33.3 Å². The fourth-order valence-corrected chi connectivity index (χ4v) is 3.59. The van der Waals surface area contributed by atoms with E-state index in [1.165, 1.54) is 16.9 Å². The van der Waals surface area contributed by atoms with E-state index in [1.54, 1.807) is 18.9 Å². The molecule has 0 radical (unpaired) electrons. The van der Waals surface area contributed by atoms with E-state index in [2.05, 4.69) is 25.8 Å². The SMILES string of the molecule is CC(Oc1ccc(C(C)(C)C)cc1)C(=O)N(C)c1nc2ccccc2s1. The maximum atomic E-state index is 12.7. The first-order valence-electron chi connectivity index (χ1n) is 8.66. The van der Waals surface area contributed by atoms with Gasteiger partial charge in [-0.3, -0.25) is 9.69 Å². The molecule has 26 heavy (non-hydrogen) atoms. The maximum Gasteiger partial charge on any atom is 0.269 e. The monoisotopic (exact) mass is 368 g/mol. The third-order valence-corrected chi connectivity index (χ3v) is 5.39. The van der Waals surface area contributed by atoms with E-state index < -0.39 is 6.10 Å². The predicted octanol–water partition coefficient (Wildman–Crippen LogP) is 5.02. The molecule has 4 nitrogen and oxygen atoms in total. The normalized spacial score (nSPS) is 12.8. The van der Waals surface area contributed by atoms with Crippen LogP contribution in [0.5, 0.6) is 5.75 Å². The van der Waals surface area contributed by atoms with E-state index in [4.69, 9.17) is 4.74 Å². The Morgan fingerprint density at radius 1 is 1.12 bits per heavy atom. The highest BCUT2D eigenvalue weighted by atomic mass is 32.1. The van der Waals surface area contributed by atoms with E-state index in [0.29, 0.717) is 10.9 Å². The summed E-state index contributed by atoms with van der Waals surface area (Å²) in [5.74, 6) is 0.570. The van der Waals surface area contributed by atoms with E-state index in [9.17, 15) is 4.79 Å². The number of hydrogen-bond donors (Lipinski definition) is 0. The summed E-state index contributed by atoms with van der Waals surface area (Å²) in [6, 6.07) is 15.8. The molecule has 1 atom stereocenters. The summed E-state index contributed by atoms with van der Waals surface area (Å²) in [6.45, 7) is 8.27. The number of fused-ring (bicyclic) bond motifs is 1. The van der Waals surface area contributed by atoms with Gasteiger partial charge in [-0.15, -0.1) is 0 Å². The number of anilines is 1. The first-order chi connectivity index (χ1) is 12.3. The van der Waals surface area contributed by atoms with Crippen molar-refractivity contribution in [2.24, 2.45) is 0 Å². The Morgan fingerprint density at radius 2 is 1.77 bits per heavy atom. The molecular weight excluding hydrogens is 344 g/mol. The number of carbonyl (C=O) groups is 1. The molecule has 0 N–H and O–H groups in total. The lowest BCUT2D eigenvalue weighted by Crippen LogP contribution is -2.37. The minimum absolute atomic E-state index is 0.0903. The number of amides is 1. The first-order valence-corrected chi connectivity index (χ1v) is 9.48. The van der Waals surface area contributed by atoms with Crippen LogP contribution in [0.25, 0.3) is 10.2 Å². The van der Waals surface area contributed by atoms with Gasteiger partial charge in [-0.1, -0.05) is 56.4 Å². The summed E-state index contributed by atoms with van der Waals surface area (Å²) >= 11 is 1.50. The first kappa shape index (κ1) is 18.4. The van der Waals surface area contributed by atoms with Crippen molar-refractivity contribution in [2.75, 3.05) is 11.9 Å². The summed E-state index contributed by atoms with van der Waals surface area (Å²) in [5.41, 5.74) is 2.22. The lowest BCUT2D eigenvalue weighted by atomic mass is 9.87. The molecule has 0 aliphatic rings. The van der Waals surface area contributed by atoms with Gasteiger partial charge in [0.05, 0.1) is 10.2 Å². The molecule has 1 amide bonds. The third-order valence-electron chi connectivity index (χ3n) is 4.28. The molecule has 0 saturated carbocycles. The quantitative estimate of drug-likeness (QED) is 0.649.